The second-order valence-electron chi connectivity index (χ2n) is 2.79. The first-order valence-corrected chi connectivity index (χ1v) is 4.84. The van der Waals surface area contributed by atoms with Crippen molar-refractivity contribution in [1.29, 1.82) is 0 Å². The minimum absolute atomic E-state index is 0.298. The predicted molar refractivity (Wildman–Crippen MR) is 53.1 cm³/mol. The molecule has 0 atom stereocenters. The van der Waals surface area contributed by atoms with Crippen LogP contribution in [-0.4, -0.2) is 9.97 Å². The second-order valence-corrected chi connectivity index (χ2v) is 3.65. The molecule has 2 aromatic rings. The Morgan fingerprint density at radius 2 is 2.31 bits per heavy atom. The van der Waals surface area contributed by atoms with E-state index in [9.17, 15) is 4.39 Å². The van der Waals surface area contributed by atoms with Crippen LogP contribution in [0.2, 0.25) is 0 Å². The fraction of sp³-hybridized carbons (Fsp3) is 0.222. The van der Waals surface area contributed by atoms with E-state index in [-0.39, 0.29) is 5.82 Å². The average molecular weight is 243 g/mol. The summed E-state index contributed by atoms with van der Waals surface area (Å²) in [5.74, 6) is 0.514. The van der Waals surface area contributed by atoms with E-state index in [2.05, 4.69) is 25.9 Å². The number of hydrogen-bond acceptors (Lipinski definition) is 1. The predicted octanol–water partition coefficient (Wildman–Crippen LogP) is 3.03. The van der Waals surface area contributed by atoms with Gasteiger partial charge >= 0.3 is 0 Å². The van der Waals surface area contributed by atoms with Crippen LogP contribution in [0.3, 0.4) is 0 Å². The van der Waals surface area contributed by atoms with Gasteiger partial charge in [-0.05, 0) is 28.1 Å². The van der Waals surface area contributed by atoms with Crippen molar-refractivity contribution < 1.29 is 4.39 Å². The summed E-state index contributed by atoms with van der Waals surface area (Å²) < 4.78 is 13.9. The molecule has 1 aromatic heterocycles. The van der Waals surface area contributed by atoms with E-state index in [4.69, 9.17) is 0 Å². The lowest BCUT2D eigenvalue weighted by Gasteiger charge is -1.92. The van der Waals surface area contributed by atoms with Crippen LogP contribution in [-0.2, 0) is 6.42 Å². The Labute approximate surface area is 83.3 Å². The van der Waals surface area contributed by atoms with Gasteiger partial charge in [-0.3, -0.25) is 0 Å². The minimum Gasteiger partial charge on any atom is -0.342 e. The Hall–Kier alpha value is -0.900. The Morgan fingerprint density at radius 1 is 1.54 bits per heavy atom. The highest BCUT2D eigenvalue weighted by Crippen LogP contribution is 2.23. The van der Waals surface area contributed by atoms with E-state index in [0.717, 1.165) is 17.8 Å². The number of aromatic amines is 1. The molecule has 0 amide bonds. The zero-order valence-corrected chi connectivity index (χ0v) is 8.65. The van der Waals surface area contributed by atoms with Gasteiger partial charge in [0, 0.05) is 6.42 Å². The summed E-state index contributed by atoms with van der Waals surface area (Å²) in [5.41, 5.74) is 1.16. The molecule has 0 saturated heterocycles. The van der Waals surface area contributed by atoms with Crippen LogP contribution in [0.4, 0.5) is 4.39 Å². The number of aromatic nitrogens is 2. The van der Waals surface area contributed by atoms with Crippen molar-refractivity contribution in [3.8, 4) is 0 Å². The third kappa shape index (κ3) is 1.35. The molecule has 2 rings (SSSR count). The number of imidazole rings is 1. The maximum Gasteiger partial charge on any atom is 0.165 e. The standard InChI is InChI=1S/C9H8BrFN2/c1-2-7-12-6-4-3-5(10)8(11)9(6)13-7/h3-4H,2H2,1H3,(H,12,13). The largest absolute Gasteiger partial charge is 0.342 e. The lowest BCUT2D eigenvalue weighted by Crippen LogP contribution is -1.81. The number of fused-ring (bicyclic) bond motifs is 1. The van der Waals surface area contributed by atoms with Gasteiger partial charge in [0.1, 0.15) is 11.3 Å². The van der Waals surface area contributed by atoms with Crippen molar-refractivity contribution >= 4 is 27.0 Å². The van der Waals surface area contributed by atoms with Gasteiger partial charge in [0.2, 0.25) is 0 Å². The van der Waals surface area contributed by atoms with Crippen molar-refractivity contribution in [2.24, 2.45) is 0 Å². The highest BCUT2D eigenvalue weighted by atomic mass is 79.9. The number of aryl methyl sites for hydroxylation is 1. The van der Waals surface area contributed by atoms with Crippen LogP contribution >= 0.6 is 15.9 Å². The molecule has 0 aliphatic heterocycles. The summed E-state index contributed by atoms with van der Waals surface area (Å²) in [6.45, 7) is 1.98. The van der Waals surface area contributed by atoms with E-state index < -0.39 is 0 Å². The third-order valence-corrected chi connectivity index (χ3v) is 2.54. The van der Waals surface area contributed by atoms with E-state index >= 15 is 0 Å². The fourth-order valence-corrected chi connectivity index (χ4v) is 1.56. The Morgan fingerprint density at radius 3 is 3.00 bits per heavy atom. The lowest BCUT2D eigenvalue weighted by molar-refractivity contribution is 0.630. The monoisotopic (exact) mass is 242 g/mol. The number of rotatable bonds is 1. The van der Waals surface area contributed by atoms with Gasteiger partial charge in [-0.25, -0.2) is 9.37 Å². The molecule has 4 heteroatoms. The summed E-state index contributed by atoms with van der Waals surface area (Å²) in [6, 6.07) is 3.49. The Kier molecular flexibility index (Phi) is 2.07. The summed E-state index contributed by atoms with van der Waals surface area (Å²) >= 11 is 3.12. The molecule has 0 saturated carbocycles. The molecule has 0 bridgehead atoms. The van der Waals surface area contributed by atoms with Crippen LogP contribution in [0.15, 0.2) is 16.6 Å². The van der Waals surface area contributed by atoms with Crippen LogP contribution in [0, 0.1) is 5.82 Å². The zero-order valence-electron chi connectivity index (χ0n) is 7.06. The van der Waals surface area contributed by atoms with Crippen LogP contribution in [0.25, 0.3) is 11.0 Å². The number of nitrogens with one attached hydrogen (secondary N) is 1. The maximum atomic E-state index is 13.4. The zero-order chi connectivity index (χ0) is 9.42. The highest BCUT2D eigenvalue weighted by molar-refractivity contribution is 9.10. The second kappa shape index (κ2) is 3.10. The van der Waals surface area contributed by atoms with Gasteiger partial charge in [0.05, 0.1) is 9.99 Å². The summed E-state index contributed by atoms with van der Waals surface area (Å²) in [7, 11) is 0. The highest BCUT2D eigenvalue weighted by Gasteiger charge is 2.08. The first kappa shape index (κ1) is 8.69. The SMILES string of the molecule is CCc1nc2c(F)c(Br)ccc2[nH]1. The molecule has 0 fully saturated rings. The van der Waals surface area contributed by atoms with E-state index in [0.29, 0.717) is 9.99 Å². The molecule has 0 spiro atoms. The Bertz CT molecular complexity index is 450. The maximum absolute atomic E-state index is 13.4. The molecule has 1 aromatic carbocycles. The molecule has 2 nitrogen and oxygen atoms in total. The Balaban J connectivity index is 2.76. The number of nitrogens with zero attached hydrogens (tertiary/aromatic N) is 1. The van der Waals surface area contributed by atoms with E-state index in [1.165, 1.54) is 0 Å². The minimum atomic E-state index is -0.298. The first-order valence-electron chi connectivity index (χ1n) is 4.05. The van der Waals surface area contributed by atoms with E-state index in [1.54, 1.807) is 6.07 Å². The van der Waals surface area contributed by atoms with Gasteiger partial charge in [-0.1, -0.05) is 6.92 Å². The van der Waals surface area contributed by atoms with Gasteiger partial charge in [0.15, 0.2) is 5.82 Å². The molecule has 0 aliphatic rings. The molecule has 13 heavy (non-hydrogen) atoms. The first-order chi connectivity index (χ1) is 6.22. The van der Waals surface area contributed by atoms with Crippen molar-refractivity contribution in [3.63, 3.8) is 0 Å². The van der Waals surface area contributed by atoms with Crippen molar-refractivity contribution in [2.75, 3.05) is 0 Å². The number of hydrogen-bond donors (Lipinski definition) is 1. The lowest BCUT2D eigenvalue weighted by atomic mass is 10.3. The molecule has 0 unspecified atom stereocenters. The number of benzene rings is 1. The van der Waals surface area contributed by atoms with Gasteiger partial charge < -0.3 is 4.98 Å². The average Bonchev–Trinajstić information content (AvgIpc) is 2.55. The molecular formula is C9H8BrFN2. The quantitative estimate of drug-likeness (QED) is 0.819. The van der Waals surface area contributed by atoms with Crippen LogP contribution in [0.5, 0.6) is 0 Å². The smallest absolute Gasteiger partial charge is 0.165 e. The van der Waals surface area contributed by atoms with Gasteiger partial charge in [0.25, 0.3) is 0 Å². The summed E-state index contributed by atoms with van der Waals surface area (Å²) in [6.07, 6.45) is 0.783. The third-order valence-electron chi connectivity index (χ3n) is 1.93. The van der Waals surface area contributed by atoms with Gasteiger partial charge in [-0.15, -0.1) is 0 Å². The normalized spacial score (nSPS) is 11.0. The van der Waals surface area contributed by atoms with Crippen LogP contribution in [0.1, 0.15) is 12.7 Å². The number of halogens is 2. The van der Waals surface area contributed by atoms with Crippen molar-refractivity contribution in [3.05, 3.63) is 28.2 Å². The topological polar surface area (TPSA) is 28.7 Å². The molecule has 68 valence electrons. The summed E-state index contributed by atoms with van der Waals surface area (Å²) in [4.78, 5) is 7.17. The van der Waals surface area contributed by atoms with Gasteiger partial charge in [-0.2, -0.15) is 0 Å². The molecule has 0 radical (unpaired) electrons. The molecule has 0 aliphatic carbocycles. The van der Waals surface area contributed by atoms with Crippen molar-refractivity contribution in [1.82, 2.24) is 9.97 Å². The van der Waals surface area contributed by atoms with Crippen molar-refractivity contribution in [2.45, 2.75) is 13.3 Å². The number of H-pyrrole nitrogens is 1. The molecular weight excluding hydrogens is 235 g/mol. The van der Waals surface area contributed by atoms with Crippen LogP contribution < -0.4 is 0 Å². The fourth-order valence-electron chi connectivity index (χ4n) is 1.24. The summed E-state index contributed by atoms with van der Waals surface area (Å²) in [5, 5.41) is 0. The molecule has 1 N–H and O–H groups in total. The van der Waals surface area contributed by atoms with E-state index in [1.807, 2.05) is 13.0 Å². The molecule has 1 heterocycles.